The fourth-order valence-corrected chi connectivity index (χ4v) is 4.49. The molecule has 1 aromatic carbocycles. The molecule has 2 heterocycles. The summed E-state index contributed by atoms with van der Waals surface area (Å²) in [6.07, 6.45) is 2.47. The molecule has 0 aliphatic carbocycles. The molecule has 1 atom stereocenters. The molecule has 3 rings (SSSR count). The lowest BCUT2D eigenvalue weighted by atomic mass is 9.97. The van der Waals surface area contributed by atoms with Crippen molar-refractivity contribution in [3.05, 3.63) is 56.7 Å². The Morgan fingerprint density at radius 3 is 2.71 bits per heavy atom. The normalized spacial score (nSPS) is 17.6. The molecule has 1 aliphatic rings. The summed E-state index contributed by atoms with van der Waals surface area (Å²) in [5, 5.41) is 5.25. The van der Waals surface area contributed by atoms with Crippen LogP contribution in [0.2, 0.25) is 0 Å². The van der Waals surface area contributed by atoms with Crippen LogP contribution < -0.4 is 5.32 Å². The fraction of sp³-hybridized carbons (Fsp3) is 0.421. The minimum absolute atomic E-state index is 0.0191. The number of hydrogen-bond acceptors (Lipinski definition) is 3. The van der Waals surface area contributed by atoms with Crippen LogP contribution in [0.15, 0.2) is 46.3 Å². The summed E-state index contributed by atoms with van der Waals surface area (Å²) in [7, 11) is 0. The maximum atomic E-state index is 12.5. The first-order chi connectivity index (χ1) is 11.6. The number of halogens is 1. The number of thiophene rings is 1. The maximum absolute atomic E-state index is 12.5. The van der Waals surface area contributed by atoms with Crippen LogP contribution in [0.3, 0.4) is 0 Å². The molecule has 1 saturated heterocycles. The monoisotopic (exact) mass is 406 g/mol. The van der Waals surface area contributed by atoms with Gasteiger partial charge in [-0.3, -0.25) is 9.69 Å². The Bertz CT molecular complexity index is 666. The largest absolute Gasteiger partial charge is 0.350 e. The molecule has 0 bridgehead atoms. The number of piperidine rings is 1. The average Bonchev–Trinajstić information content (AvgIpc) is 3.11. The van der Waals surface area contributed by atoms with Gasteiger partial charge in [0.2, 0.25) is 0 Å². The van der Waals surface area contributed by atoms with Gasteiger partial charge >= 0.3 is 0 Å². The minimum Gasteiger partial charge on any atom is -0.350 e. The minimum atomic E-state index is -0.0191. The molecule has 0 spiro atoms. The molecule has 1 fully saturated rings. The Morgan fingerprint density at radius 2 is 2.04 bits per heavy atom. The van der Waals surface area contributed by atoms with Crippen LogP contribution in [0, 0.1) is 5.92 Å². The highest BCUT2D eigenvalue weighted by Crippen LogP contribution is 2.29. The van der Waals surface area contributed by atoms with Crippen LogP contribution in [0.1, 0.15) is 41.0 Å². The second kappa shape index (κ2) is 8.28. The standard InChI is InChI=1S/C19H23BrN2OS/c1-14-8-10-22(11-9-14)17(18-7-4-12-24-18)13-21-19(23)15-5-2-3-6-16(15)20/h2-7,12,14,17H,8-11,13H2,1H3,(H,21,23)/t17-/m1/s1. The van der Waals surface area contributed by atoms with E-state index in [1.165, 1.54) is 17.7 Å². The number of likely N-dealkylation sites (tertiary alicyclic amines) is 1. The van der Waals surface area contributed by atoms with E-state index in [4.69, 9.17) is 0 Å². The topological polar surface area (TPSA) is 32.3 Å². The highest BCUT2D eigenvalue weighted by Gasteiger charge is 2.26. The van der Waals surface area contributed by atoms with Crippen molar-refractivity contribution in [3.63, 3.8) is 0 Å². The molecule has 1 aromatic heterocycles. The van der Waals surface area contributed by atoms with E-state index in [9.17, 15) is 4.79 Å². The van der Waals surface area contributed by atoms with Gasteiger partial charge in [0.1, 0.15) is 0 Å². The van der Waals surface area contributed by atoms with Crippen LogP contribution in [0.25, 0.3) is 0 Å². The fourth-order valence-electron chi connectivity index (χ4n) is 3.16. The maximum Gasteiger partial charge on any atom is 0.252 e. The van der Waals surface area contributed by atoms with E-state index in [-0.39, 0.29) is 11.9 Å². The number of benzene rings is 1. The molecule has 5 heteroatoms. The lowest BCUT2D eigenvalue weighted by molar-refractivity contribution is 0.0914. The van der Waals surface area contributed by atoms with Crippen LogP contribution in [0.5, 0.6) is 0 Å². The van der Waals surface area contributed by atoms with Crippen molar-refractivity contribution in [2.75, 3.05) is 19.6 Å². The Hall–Kier alpha value is -1.17. The van der Waals surface area contributed by atoms with E-state index in [1.54, 1.807) is 11.3 Å². The number of carbonyl (C=O) groups excluding carboxylic acids is 1. The van der Waals surface area contributed by atoms with Gasteiger partial charge in [0.25, 0.3) is 5.91 Å². The average molecular weight is 407 g/mol. The summed E-state index contributed by atoms with van der Waals surface area (Å²) in [6, 6.07) is 12.1. The number of carbonyl (C=O) groups is 1. The van der Waals surface area contributed by atoms with Crippen LogP contribution >= 0.6 is 27.3 Å². The third kappa shape index (κ3) is 4.26. The van der Waals surface area contributed by atoms with Gasteiger partial charge in [-0.1, -0.05) is 25.1 Å². The van der Waals surface area contributed by atoms with E-state index < -0.39 is 0 Å². The van der Waals surface area contributed by atoms with Gasteiger partial charge in [0, 0.05) is 15.9 Å². The van der Waals surface area contributed by atoms with E-state index in [0.29, 0.717) is 12.1 Å². The number of amides is 1. The highest BCUT2D eigenvalue weighted by atomic mass is 79.9. The Labute approximate surface area is 156 Å². The van der Waals surface area contributed by atoms with Gasteiger partial charge in [-0.15, -0.1) is 11.3 Å². The Balaban J connectivity index is 1.68. The SMILES string of the molecule is CC1CCN([C@H](CNC(=O)c2ccccc2Br)c2cccs2)CC1. The second-order valence-electron chi connectivity index (χ2n) is 6.44. The van der Waals surface area contributed by atoms with Gasteiger partial charge in [-0.25, -0.2) is 0 Å². The summed E-state index contributed by atoms with van der Waals surface area (Å²) in [4.78, 5) is 16.4. The lowest BCUT2D eigenvalue weighted by Crippen LogP contribution is -2.41. The predicted octanol–water partition coefficient (Wildman–Crippen LogP) is 4.71. The first-order valence-electron chi connectivity index (χ1n) is 8.45. The van der Waals surface area contributed by atoms with Crippen LogP contribution in [0.4, 0.5) is 0 Å². The van der Waals surface area contributed by atoms with Gasteiger partial charge in [-0.05, 0) is 71.4 Å². The van der Waals surface area contributed by atoms with Gasteiger partial charge in [0.15, 0.2) is 0 Å². The van der Waals surface area contributed by atoms with Crippen molar-refractivity contribution in [2.24, 2.45) is 5.92 Å². The van der Waals surface area contributed by atoms with E-state index in [1.807, 2.05) is 24.3 Å². The van der Waals surface area contributed by atoms with E-state index in [0.717, 1.165) is 23.5 Å². The predicted molar refractivity (Wildman–Crippen MR) is 104 cm³/mol. The molecule has 0 radical (unpaired) electrons. The van der Waals surface area contributed by atoms with Gasteiger partial charge in [-0.2, -0.15) is 0 Å². The summed E-state index contributed by atoms with van der Waals surface area (Å²) in [5.41, 5.74) is 0.690. The van der Waals surface area contributed by atoms with Crippen molar-refractivity contribution >= 4 is 33.2 Å². The number of nitrogens with zero attached hydrogens (tertiary/aromatic N) is 1. The van der Waals surface area contributed by atoms with Crippen molar-refractivity contribution < 1.29 is 4.79 Å². The lowest BCUT2D eigenvalue weighted by Gasteiger charge is -2.36. The van der Waals surface area contributed by atoms with Crippen molar-refractivity contribution in [1.82, 2.24) is 10.2 Å². The molecule has 1 aliphatic heterocycles. The first kappa shape index (κ1) is 17.6. The third-order valence-electron chi connectivity index (χ3n) is 4.71. The molecular weight excluding hydrogens is 384 g/mol. The molecule has 0 unspecified atom stereocenters. The Morgan fingerprint density at radius 1 is 1.29 bits per heavy atom. The zero-order chi connectivity index (χ0) is 16.9. The summed E-state index contributed by atoms with van der Waals surface area (Å²) in [5.74, 6) is 0.787. The molecule has 3 nitrogen and oxygen atoms in total. The molecule has 24 heavy (non-hydrogen) atoms. The van der Waals surface area contributed by atoms with Crippen LogP contribution in [-0.4, -0.2) is 30.4 Å². The highest BCUT2D eigenvalue weighted by molar-refractivity contribution is 9.10. The molecule has 2 aromatic rings. The van der Waals surface area contributed by atoms with Crippen molar-refractivity contribution in [2.45, 2.75) is 25.8 Å². The summed E-state index contributed by atoms with van der Waals surface area (Å²) >= 11 is 5.23. The van der Waals surface area contributed by atoms with Crippen molar-refractivity contribution in [3.8, 4) is 0 Å². The molecule has 1 N–H and O–H groups in total. The first-order valence-corrected chi connectivity index (χ1v) is 10.1. The molecule has 128 valence electrons. The third-order valence-corrected chi connectivity index (χ3v) is 6.37. The molecule has 0 saturated carbocycles. The number of nitrogens with one attached hydrogen (secondary N) is 1. The zero-order valence-electron chi connectivity index (χ0n) is 13.9. The quantitative estimate of drug-likeness (QED) is 0.779. The van der Waals surface area contributed by atoms with Crippen LogP contribution in [-0.2, 0) is 0 Å². The molecular formula is C19H23BrN2OS. The number of rotatable bonds is 5. The van der Waals surface area contributed by atoms with E-state index in [2.05, 4.69) is 50.6 Å². The van der Waals surface area contributed by atoms with Gasteiger partial charge in [0.05, 0.1) is 11.6 Å². The smallest absolute Gasteiger partial charge is 0.252 e. The summed E-state index contributed by atoms with van der Waals surface area (Å²) < 4.78 is 0.835. The second-order valence-corrected chi connectivity index (χ2v) is 8.27. The Kier molecular flexibility index (Phi) is 6.09. The zero-order valence-corrected chi connectivity index (χ0v) is 16.3. The number of hydrogen-bond donors (Lipinski definition) is 1. The van der Waals surface area contributed by atoms with E-state index >= 15 is 0 Å². The molecule has 1 amide bonds. The van der Waals surface area contributed by atoms with Gasteiger partial charge < -0.3 is 5.32 Å². The van der Waals surface area contributed by atoms with Crippen molar-refractivity contribution in [1.29, 1.82) is 0 Å². The summed E-state index contributed by atoms with van der Waals surface area (Å²) in [6.45, 7) is 5.19.